The van der Waals surface area contributed by atoms with Crippen molar-refractivity contribution in [3.8, 4) is 0 Å². The van der Waals surface area contributed by atoms with E-state index in [0.29, 0.717) is 10.6 Å². The number of nitrogens with zero attached hydrogens (tertiary/aromatic N) is 1. The zero-order valence-corrected chi connectivity index (χ0v) is 11.1. The number of hydrogen-bond donors (Lipinski definition) is 0. The molecule has 92 valence electrons. The Morgan fingerprint density at radius 1 is 1.47 bits per heavy atom. The summed E-state index contributed by atoms with van der Waals surface area (Å²) in [5.74, 6) is 0.753. The van der Waals surface area contributed by atoms with Crippen molar-refractivity contribution >= 4 is 23.1 Å². The van der Waals surface area contributed by atoms with Crippen LogP contribution < -0.4 is 4.90 Å². The number of piperidine rings is 1. The number of Topliss-reactive ketones (excluding diaryl/α,β-unsaturated/α-hetero) is 1. The average molecular weight is 252 g/mol. The number of hydrogen-bond acceptors (Lipinski definition) is 2. The van der Waals surface area contributed by atoms with Crippen LogP contribution in [0.5, 0.6) is 0 Å². The second kappa shape index (κ2) is 5.09. The quantitative estimate of drug-likeness (QED) is 0.746. The number of halogens is 1. The Labute approximate surface area is 108 Å². The van der Waals surface area contributed by atoms with Crippen molar-refractivity contribution in [1.29, 1.82) is 0 Å². The van der Waals surface area contributed by atoms with Gasteiger partial charge in [-0.2, -0.15) is 0 Å². The van der Waals surface area contributed by atoms with E-state index in [0.717, 1.165) is 24.7 Å². The molecule has 3 heteroatoms. The van der Waals surface area contributed by atoms with E-state index < -0.39 is 0 Å². The Morgan fingerprint density at radius 3 is 2.82 bits per heavy atom. The highest BCUT2D eigenvalue weighted by Crippen LogP contribution is 2.27. The number of carbonyl (C=O) groups excluding carboxylic acids is 1. The van der Waals surface area contributed by atoms with Crippen molar-refractivity contribution in [1.82, 2.24) is 0 Å². The van der Waals surface area contributed by atoms with Crippen molar-refractivity contribution in [3.63, 3.8) is 0 Å². The van der Waals surface area contributed by atoms with Crippen LogP contribution >= 0.6 is 11.6 Å². The van der Waals surface area contributed by atoms with Crippen LogP contribution in [0.15, 0.2) is 18.2 Å². The summed E-state index contributed by atoms with van der Waals surface area (Å²) in [5, 5.41) is 0.563. The van der Waals surface area contributed by atoms with E-state index in [-0.39, 0.29) is 5.78 Å². The SMILES string of the molecule is CC(=O)c1ccc(N2CCCC(C)C2)cc1Cl. The monoisotopic (exact) mass is 251 g/mol. The second-order valence-electron chi connectivity index (χ2n) is 4.91. The van der Waals surface area contributed by atoms with E-state index in [1.807, 2.05) is 18.2 Å². The fourth-order valence-electron chi connectivity index (χ4n) is 2.41. The first-order chi connectivity index (χ1) is 8.08. The smallest absolute Gasteiger partial charge is 0.161 e. The van der Waals surface area contributed by atoms with Crippen LogP contribution in [-0.2, 0) is 0 Å². The van der Waals surface area contributed by atoms with Gasteiger partial charge < -0.3 is 4.90 Å². The maximum absolute atomic E-state index is 11.3. The van der Waals surface area contributed by atoms with Crippen LogP contribution in [0, 0.1) is 5.92 Å². The molecule has 0 radical (unpaired) electrons. The van der Waals surface area contributed by atoms with Crippen molar-refractivity contribution < 1.29 is 4.79 Å². The van der Waals surface area contributed by atoms with E-state index in [9.17, 15) is 4.79 Å². The van der Waals surface area contributed by atoms with Crippen molar-refractivity contribution in [2.75, 3.05) is 18.0 Å². The molecule has 0 spiro atoms. The zero-order valence-electron chi connectivity index (χ0n) is 10.4. The van der Waals surface area contributed by atoms with Gasteiger partial charge in [0.25, 0.3) is 0 Å². The summed E-state index contributed by atoms with van der Waals surface area (Å²) >= 11 is 6.13. The molecule has 1 aliphatic heterocycles. The lowest BCUT2D eigenvalue weighted by molar-refractivity contribution is 0.101. The van der Waals surface area contributed by atoms with Crippen molar-refractivity contribution in [2.45, 2.75) is 26.7 Å². The number of rotatable bonds is 2. The molecule has 1 saturated heterocycles. The molecule has 1 unspecified atom stereocenters. The molecule has 1 atom stereocenters. The standard InChI is InChI=1S/C14H18ClNO/c1-10-4-3-7-16(9-10)12-5-6-13(11(2)17)14(15)8-12/h5-6,8,10H,3-4,7,9H2,1-2H3. The van der Waals surface area contributed by atoms with E-state index in [4.69, 9.17) is 11.6 Å². The summed E-state index contributed by atoms with van der Waals surface area (Å²) in [6.07, 6.45) is 2.53. The van der Waals surface area contributed by atoms with Crippen LogP contribution in [0.3, 0.4) is 0 Å². The van der Waals surface area contributed by atoms with E-state index in [1.165, 1.54) is 12.8 Å². The van der Waals surface area contributed by atoms with Crippen LogP contribution in [0.1, 0.15) is 37.0 Å². The zero-order chi connectivity index (χ0) is 12.4. The highest BCUT2D eigenvalue weighted by atomic mass is 35.5. The highest BCUT2D eigenvalue weighted by Gasteiger charge is 2.17. The number of anilines is 1. The third-order valence-electron chi connectivity index (χ3n) is 3.35. The molecular weight excluding hydrogens is 234 g/mol. The largest absolute Gasteiger partial charge is 0.371 e. The second-order valence-corrected chi connectivity index (χ2v) is 5.32. The summed E-state index contributed by atoms with van der Waals surface area (Å²) in [4.78, 5) is 13.7. The summed E-state index contributed by atoms with van der Waals surface area (Å²) in [7, 11) is 0. The lowest BCUT2D eigenvalue weighted by Crippen LogP contribution is -2.34. The fraction of sp³-hybridized carbons (Fsp3) is 0.500. The van der Waals surface area contributed by atoms with Gasteiger partial charge in [0.05, 0.1) is 5.02 Å². The maximum Gasteiger partial charge on any atom is 0.161 e. The van der Waals surface area contributed by atoms with E-state index in [2.05, 4.69) is 11.8 Å². The normalized spacial score (nSPS) is 20.4. The lowest BCUT2D eigenvalue weighted by Gasteiger charge is -2.33. The molecular formula is C14H18ClNO. The topological polar surface area (TPSA) is 20.3 Å². The molecule has 0 aromatic heterocycles. The first-order valence-corrected chi connectivity index (χ1v) is 6.51. The summed E-state index contributed by atoms with van der Waals surface area (Å²) in [6.45, 7) is 5.98. The van der Waals surface area contributed by atoms with E-state index >= 15 is 0 Å². The van der Waals surface area contributed by atoms with E-state index in [1.54, 1.807) is 6.92 Å². The predicted molar refractivity (Wildman–Crippen MR) is 72.1 cm³/mol. The lowest BCUT2D eigenvalue weighted by atomic mass is 9.99. The first-order valence-electron chi connectivity index (χ1n) is 6.13. The van der Waals surface area contributed by atoms with Gasteiger partial charge in [-0.05, 0) is 43.9 Å². The third kappa shape index (κ3) is 2.81. The first kappa shape index (κ1) is 12.4. The minimum atomic E-state index is 0.0218. The number of ketones is 1. The average Bonchev–Trinajstić information content (AvgIpc) is 2.28. The Bertz CT molecular complexity index is 430. The molecule has 0 N–H and O–H groups in total. The molecule has 0 bridgehead atoms. The summed E-state index contributed by atoms with van der Waals surface area (Å²) < 4.78 is 0. The van der Waals surface area contributed by atoms with Gasteiger partial charge in [-0.3, -0.25) is 4.79 Å². The van der Waals surface area contributed by atoms with Gasteiger partial charge in [0.15, 0.2) is 5.78 Å². The maximum atomic E-state index is 11.3. The van der Waals surface area contributed by atoms with Gasteiger partial charge in [-0.15, -0.1) is 0 Å². The number of carbonyl (C=O) groups is 1. The van der Waals surface area contributed by atoms with Gasteiger partial charge in [0.1, 0.15) is 0 Å². The minimum Gasteiger partial charge on any atom is -0.371 e. The van der Waals surface area contributed by atoms with Crippen LogP contribution in [0.2, 0.25) is 5.02 Å². The highest BCUT2D eigenvalue weighted by molar-refractivity contribution is 6.34. The summed E-state index contributed by atoms with van der Waals surface area (Å²) in [6, 6.07) is 5.75. The summed E-state index contributed by atoms with van der Waals surface area (Å²) in [5.41, 5.74) is 1.74. The molecule has 17 heavy (non-hydrogen) atoms. The van der Waals surface area contributed by atoms with Gasteiger partial charge >= 0.3 is 0 Å². The van der Waals surface area contributed by atoms with Crippen LogP contribution in [-0.4, -0.2) is 18.9 Å². The van der Waals surface area contributed by atoms with Crippen LogP contribution in [0.25, 0.3) is 0 Å². The Balaban J connectivity index is 2.22. The fourth-order valence-corrected chi connectivity index (χ4v) is 2.72. The Kier molecular flexibility index (Phi) is 3.72. The molecule has 0 saturated carbocycles. The molecule has 2 nitrogen and oxygen atoms in total. The molecule has 1 heterocycles. The molecule has 1 aromatic rings. The van der Waals surface area contributed by atoms with Gasteiger partial charge in [0, 0.05) is 24.3 Å². The molecule has 1 aliphatic rings. The minimum absolute atomic E-state index is 0.0218. The van der Waals surface area contributed by atoms with Crippen LogP contribution in [0.4, 0.5) is 5.69 Å². The molecule has 1 aromatic carbocycles. The van der Waals surface area contributed by atoms with Crippen molar-refractivity contribution in [3.05, 3.63) is 28.8 Å². The number of benzene rings is 1. The Morgan fingerprint density at radius 2 is 2.24 bits per heavy atom. The molecule has 0 aliphatic carbocycles. The third-order valence-corrected chi connectivity index (χ3v) is 3.67. The van der Waals surface area contributed by atoms with Gasteiger partial charge in [-0.1, -0.05) is 18.5 Å². The van der Waals surface area contributed by atoms with Gasteiger partial charge in [0.2, 0.25) is 0 Å². The predicted octanol–water partition coefficient (Wildman–Crippen LogP) is 3.78. The molecule has 2 rings (SSSR count). The molecule has 1 fully saturated rings. The molecule has 0 amide bonds. The Hall–Kier alpha value is -1.02. The van der Waals surface area contributed by atoms with Crippen molar-refractivity contribution in [2.24, 2.45) is 5.92 Å². The van der Waals surface area contributed by atoms with Gasteiger partial charge in [-0.25, -0.2) is 0 Å².